The van der Waals surface area contributed by atoms with Gasteiger partial charge in [-0.25, -0.2) is 0 Å². The molecule has 0 aromatic heterocycles. The molecule has 12 heavy (non-hydrogen) atoms. The SMILES string of the molecule is C1C[C@@H](CCC2CC2)C2(C1)CC2. The molecule has 3 saturated carbocycles. The summed E-state index contributed by atoms with van der Waals surface area (Å²) in [4.78, 5) is 0. The van der Waals surface area contributed by atoms with E-state index in [4.69, 9.17) is 0 Å². The molecule has 0 aliphatic heterocycles. The average Bonchev–Trinajstić information content (AvgIpc) is 2.89. The van der Waals surface area contributed by atoms with Crippen LogP contribution in [-0.4, -0.2) is 0 Å². The standard InChI is InChI=1S/C12H20/c1-2-11(6-5-10-3-4-10)12(7-1)8-9-12/h10-11H,1-9H2/t11-/m0/s1. The maximum Gasteiger partial charge on any atom is -0.0269 e. The number of rotatable bonds is 3. The molecule has 3 rings (SSSR count). The van der Waals surface area contributed by atoms with Crippen LogP contribution in [0.15, 0.2) is 0 Å². The second kappa shape index (κ2) is 2.49. The molecule has 1 atom stereocenters. The fourth-order valence-electron chi connectivity index (χ4n) is 3.32. The molecule has 68 valence electrons. The van der Waals surface area contributed by atoms with Gasteiger partial charge in [-0.1, -0.05) is 25.7 Å². The van der Waals surface area contributed by atoms with E-state index < -0.39 is 0 Å². The van der Waals surface area contributed by atoms with Crippen molar-refractivity contribution in [2.75, 3.05) is 0 Å². The second-order valence-electron chi connectivity index (χ2n) is 5.47. The monoisotopic (exact) mass is 164 g/mol. The second-order valence-corrected chi connectivity index (χ2v) is 5.47. The van der Waals surface area contributed by atoms with Crippen LogP contribution < -0.4 is 0 Å². The van der Waals surface area contributed by atoms with Gasteiger partial charge < -0.3 is 0 Å². The van der Waals surface area contributed by atoms with Crippen molar-refractivity contribution in [3.05, 3.63) is 0 Å². The van der Waals surface area contributed by atoms with Crippen LogP contribution in [0.2, 0.25) is 0 Å². The number of hydrogen-bond donors (Lipinski definition) is 0. The predicted molar refractivity (Wildman–Crippen MR) is 51.0 cm³/mol. The average molecular weight is 164 g/mol. The molecule has 0 aromatic rings. The fraction of sp³-hybridized carbons (Fsp3) is 1.00. The third-order valence-corrected chi connectivity index (χ3v) is 4.61. The lowest BCUT2D eigenvalue weighted by Crippen LogP contribution is -2.08. The summed E-state index contributed by atoms with van der Waals surface area (Å²) in [6, 6.07) is 0. The Labute approximate surface area is 75.7 Å². The van der Waals surface area contributed by atoms with E-state index in [0.717, 1.165) is 11.3 Å². The first-order valence-corrected chi connectivity index (χ1v) is 5.89. The Hall–Kier alpha value is 0. The molecule has 0 aromatic carbocycles. The molecule has 0 unspecified atom stereocenters. The van der Waals surface area contributed by atoms with Gasteiger partial charge in [-0.3, -0.25) is 0 Å². The molecule has 0 bridgehead atoms. The van der Waals surface area contributed by atoms with Crippen LogP contribution in [0.4, 0.5) is 0 Å². The third-order valence-electron chi connectivity index (χ3n) is 4.61. The topological polar surface area (TPSA) is 0 Å². The van der Waals surface area contributed by atoms with E-state index in [1.807, 2.05) is 0 Å². The van der Waals surface area contributed by atoms with Crippen molar-refractivity contribution in [1.82, 2.24) is 0 Å². The summed E-state index contributed by atoms with van der Waals surface area (Å²) in [5, 5.41) is 0. The molecule has 0 nitrogen and oxygen atoms in total. The van der Waals surface area contributed by atoms with Crippen LogP contribution in [0.5, 0.6) is 0 Å². The Kier molecular flexibility index (Phi) is 1.54. The highest BCUT2D eigenvalue weighted by molar-refractivity contribution is 5.02. The molecular formula is C12H20. The van der Waals surface area contributed by atoms with Crippen LogP contribution >= 0.6 is 0 Å². The highest BCUT2D eigenvalue weighted by Crippen LogP contribution is 2.62. The molecule has 3 fully saturated rings. The normalized spacial score (nSPS) is 37.5. The van der Waals surface area contributed by atoms with Crippen molar-refractivity contribution >= 4 is 0 Å². The Morgan fingerprint density at radius 3 is 2.42 bits per heavy atom. The lowest BCUT2D eigenvalue weighted by molar-refractivity contribution is 0.328. The molecule has 0 amide bonds. The first-order valence-electron chi connectivity index (χ1n) is 5.89. The van der Waals surface area contributed by atoms with Gasteiger partial charge in [0.1, 0.15) is 0 Å². The van der Waals surface area contributed by atoms with Crippen LogP contribution in [0.25, 0.3) is 0 Å². The van der Waals surface area contributed by atoms with Gasteiger partial charge in [0.15, 0.2) is 0 Å². The summed E-state index contributed by atoms with van der Waals surface area (Å²) in [5.41, 5.74) is 0.925. The van der Waals surface area contributed by atoms with E-state index in [1.165, 1.54) is 5.92 Å². The van der Waals surface area contributed by atoms with E-state index in [2.05, 4.69) is 0 Å². The molecule has 0 heteroatoms. The Balaban J connectivity index is 1.53. The quantitative estimate of drug-likeness (QED) is 0.596. The summed E-state index contributed by atoms with van der Waals surface area (Å²) < 4.78 is 0. The van der Waals surface area contributed by atoms with Crippen molar-refractivity contribution in [1.29, 1.82) is 0 Å². The molecular weight excluding hydrogens is 144 g/mol. The van der Waals surface area contributed by atoms with Gasteiger partial charge in [-0.15, -0.1) is 0 Å². The van der Waals surface area contributed by atoms with Crippen LogP contribution in [0.1, 0.15) is 57.8 Å². The van der Waals surface area contributed by atoms with Crippen molar-refractivity contribution in [2.24, 2.45) is 17.3 Å². The van der Waals surface area contributed by atoms with Gasteiger partial charge in [-0.05, 0) is 49.4 Å². The van der Waals surface area contributed by atoms with Gasteiger partial charge in [-0.2, -0.15) is 0 Å². The van der Waals surface area contributed by atoms with Crippen molar-refractivity contribution in [3.63, 3.8) is 0 Å². The zero-order valence-corrected chi connectivity index (χ0v) is 8.02. The van der Waals surface area contributed by atoms with E-state index in [9.17, 15) is 0 Å². The minimum atomic E-state index is 0.925. The molecule has 0 N–H and O–H groups in total. The summed E-state index contributed by atoms with van der Waals surface area (Å²) in [6.07, 6.45) is 14.2. The zero-order valence-electron chi connectivity index (χ0n) is 8.02. The van der Waals surface area contributed by atoms with Gasteiger partial charge >= 0.3 is 0 Å². The molecule has 3 aliphatic rings. The lowest BCUT2D eigenvalue weighted by atomic mass is 9.88. The minimum Gasteiger partial charge on any atom is -0.0525 e. The summed E-state index contributed by atoms with van der Waals surface area (Å²) >= 11 is 0. The molecule has 3 aliphatic carbocycles. The lowest BCUT2D eigenvalue weighted by Gasteiger charge is -2.17. The third kappa shape index (κ3) is 1.20. The molecule has 0 saturated heterocycles. The fourth-order valence-corrected chi connectivity index (χ4v) is 3.32. The number of hydrogen-bond acceptors (Lipinski definition) is 0. The van der Waals surface area contributed by atoms with Crippen molar-refractivity contribution in [2.45, 2.75) is 57.8 Å². The van der Waals surface area contributed by atoms with Crippen LogP contribution in [0, 0.1) is 17.3 Å². The summed E-state index contributed by atoms with van der Waals surface area (Å²) in [7, 11) is 0. The van der Waals surface area contributed by atoms with E-state index >= 15 is 0 Å². The predicted octanol–water partition coefficient (Wildman–Crippen LogP) is 3.76. The summed E-state index contributed by atoms with van der Waals surface area (Å²) in [6.45, 7) is 0. The van der Waals surface area contributed by atoms with Gasteiger partial charge in [0.25, 0.3) is 0 Å². The maximum atomic E-state index is 1.59. The van der Waals surface area contributed by atoms with E-state index in [1.54, 1.807) is 57.8 Å². The molecule has 0 radical (unpaired) electrons. The van der Waals surface area contributed by atoms with Gasteiger partial charge in [0.2, 0.25) is 0 Å². The highest BCUT2D eigenvalue weighted by atomic mass is 14.6. The van der Waals surface area contributed by atoms with Crippen molar-refractivity contribution in [3.8, 4) is 0 Å². The highest BCUT2D eigenvalue weighted by Gasteiger charge is 2.51. The van der Waals surface area contributed by atoms with Crippen molar-refractivity contribution < 1.29 is 0 Å². The van der Waals surface area contributed by atoms with Crippen LogP contribution in [-0.2, 0) is 0 Å². The van der Waals surface area contributed by atoms with E-state index in [0.29, 0.717) is 0 Å². The Morgan fingerprint density at radius 2 is 1.75 bits per heavy atom. The zero-order chi connectivity index (χ0) is 8.02. The van der Waals surface area contributed by atoms with E-state index in [-0.39, 0.29) is 0 Å². The van der Waals surface area contributed by atoms with Gasteiger partial charge in [0.05, 0.1) is 0 Å². The largest absolute Gasteiger partial charge is 0.0525 e. The molecule has 0 heterocycles. The van der Waals surface area contributed by atoms with Gasteiger partial charge in [0, 0.05) is 0 Å². The Morgan fingerprint density at radius 1 is 0.917 bits per heavy atom. The van der Waals surface area contributed by atoms with Crippen LogP contribution in [0.3, 0.4) is 0 Å². The first-order chi connectivity index (χ1) is 5.89. The Bertz CT molecular complexity index is 174. The maximum absolute atomic E-state index is 1.59. The first kappa shape index (κ1) is 7.41. The summed E-state index contributed by atoms with van der Waals surface area (Å²) in [5.74, 6) is 2.33. The minimum absolute atomic E-state index is 0.925. The molecule has 1 spiro atoms. The smallest absolute Gasteiger partial charge is 0.0269 e.